The Bertz CT molecular complexity index is 303. The molecule has 3 heteroatoms. The summed E-state index contributed by atoms with van der Waals surface area (Å²) in [6.07, 6.45) is 0. The smallest absolute Gasteiger partial charge is 0.139 e. The van der Waals surface area contributed by atoms with Gasteiger partial charge < -0.3 is 5.11 Å². The van der Waals surface area contributed by atoms with Crippen LogP contribution in [-0.4, -0.2) is 5.11 Å². The molecular formula is C8H6FNO. The summed E-state index contributed by atoms with van der Waals surface area (Å²) in [6.45, 7) is -0.749. The lowest BCUT2D eigenvalue weighted by molar-refractivity contribution is 0.431. The van der Waals surface area contributed by atoms with Crippen molar-refractivity contribution in [3.8, 4) is 11.8 Å². The van der Waals surface area contributed by atoms with Crippen LogP contribution in [0.25, 0.3) is 0 Å². The fraction of sp³-hybridized carbons (Fsp3) is 0.125. The maximum atomic E-state index is 12.0. The van der Waals surface area contributed by atoms with E-state index in [0.29, 0.717) is 0 Å². The molecule has 0 aliphatic heterocycles. The summed E-state index contributed by atoms with van der Waals surface area (Å²) >= 11 is 0. The molecule has 0 atom stereocenters. The zero-order valence-electron chi connectivity index (χ0n) is 5.71. The van der Waals surface area contributed by atoms with Gasteiger partial charge >= 0.3 is 0 Å². The molecule has 0 bridgehead atoms. The van der Waals surface area contributed by atoms with Gasteiger partial charge in [-0.2, -0.15) is 5.26 Å². The van der Waals surface area contributed by atoms with E-state index in [2.05, 4.69) is 0 Å². The molecule has 0 aliphatic rings. The van der Waals surface area contributed by atoms with Gasteiger partial charge in [0, 0.05) is 5.56 Å². The largest absolute Gasteiger partial charge is 0.506 e. The van der Waals surface area contributed by atoms with Crippen molar-refractivity contribution in [1.82, 2.24) is 0 Å². The summed E-state index contributed by atoms with van der Waals surface area (Å²) < 4.78 is 12.0. The number of rotatable bonds is 1. The molecule has 1 aromatic rings. The van der Waals surface area contributed by atoms with Crippen LogP contribution in [0.2, 0.25) is 0 Å². The lowest BCUT2D eigenvalue weighted by Crippen LogP contribution is -1.83. The summed E-state index contributed by atoms with van der Waals surface area (Å²) in [7, 11) is 0. The zero-order chi connectivity index (χ0) is 8.27. The molecular weight excluding hydrogens is 145 g/mol. The van der Waals surface area contributed by atoms with E-state index in [1.165, 1.54) is 18.2 Å². The summed E-state index contributed by atoms with van der Waals surface area (Å²) in [5.41, 5.74) is 0.268. The van der Waals surface area contributed by atoms with Gasteiger partial charge in [0.25, 0.3) is 0 Å². The number of para-hydroxylation sites is 1. The van der Waals surface area contributed by atoms with Crippen molar-refractivity contribution in [3.63, 3.8) is 0 Å². The Balaban J connectivity index is 3.23. The molecule has 0 heterocycles. The number of nitrogens with zero attached hydrogens (tertiary/aromatic N) is 1. The van der Waals surface area contributed by atoms with Crippen molar-refractivity contribution in [1.29, 1.82) is 5.26 Å². The first kappa shape index (κ1) is 7.55. The van der Waals surface area contributed by atoms with Gasteiger partial charge in [0.15, 0.2) is 0 Å². The van der Waals surface area contributed by atoms with E-state index in [1.807, 2.05) is 0 Å². The highest BCUT2D eigenvalue weighted by Gasteiger charge is 2.04. The minimum Gasteiger partial charge on any atom is -0.506 e. The number of nitriles is 1. The van der Waals surface area contributed by atoms with Crippen LogP contribution in [0.3, 0.4) is 0 Å². The van der Waals surface area contributed by atoms with Crippen LogP contribution >= 0.6 is 0 Å². The normalized spacial score (nSPS) is 9.09. The summed E-state index contributed by atoms with van der Waals surface area (Å²) in [5, 5.41) is 17.5. The number of alkyl halides is 1. The molecule has 0 saturated heterocycles. The minimum absolute atomic E-state index is 0.111. The summed E-state index contributed by atoms with van der Waals surface area (Å²) in [5.74, 6) is -0.252. The zero-order valence-corrected chi connectivity index (χ0v) is 5.71. The number of halogens is 1. The molecule has 0 saturated carbocycles. The van der Waals surface area contributed by atoms with Gasteiger partial charge in [0.1, 0.15) is 18.5 Å². The standard InChI is InChI=1S/C8H6FNO/c9-4-6-2-1-3-7(5-10)8(6)11/h1-3,11H,4H2. The van der Waals surface area contributed by atoms with E-state index in [9.17, 15) is 4.39 Å². The maximum absolute atomic E-state index is 12.0. The van der Waals surface area contributed by atoms with Gasteiger partial charge in [-0.05, 0) is 6.07 Å². The first-order valence-corrected chi connectivity index (χ1v) is 3.06. The third-order valence-electron chi connectivity index (χ3n) is 1.38. The highest BCUT2D eigenvalue weighted by atomic mass is 19.1. The molecule has 11 heavy (non-hydrogen) atoms. The lowest BCUT2D eigenvalue weighted by atomic mass is 10.1. The average molecular weight is 151 g/mol. The van der Waals surface area contributed by atoms with Crippen LogP contribution in [0.15, 0.2) is 18.2 Å². The topological polar surface area (TPSA) is 44.0 Å². The molecule has 0 spiro atoms. The first-order chi connectivity index (χ1) is 5.29. The van der Waals surface area contributed by atoms with Gasteiger partial charge in [0.2, 0.25) is 0 Å². The predicted octanol–water partition coefficient (Wildman–Crippen LogP) is 1.73. The van der Waals surface area contributed by atoms with E-state index in [-0.39, 0.29) is 16.9 Å². The van der Waals surface area contributed by atoms with Crippen molar-refractivity contribution in [3.05, 3.63) is 29.3 Å². The highest BCUT2D eigenvalue weighted by Crippen LogP contribution is 2.21. The van der Waals surface area contributed by atoms with Crippen molar-refractivity contribution in [2.75, 3.05) is 0 Å². The monoisotopic (exact) mass is 151 g/mol. The van der Waals surface area contributed by atoms with Crippen LogP contribution in [-0.2, 0) is 6.67 Å². The third-order valence-corrected chi connectivity index (χ3v) is 1.38. The second-order valence-corrected chi connectivity index (χ2v) is 2.06. The second-order valence-electron chi connectivity index (χ2n) is 2.06. The first-order valence-electron chi connectivity index (χ1n) is 3.06. The van der Waals surface area contributed by atoms with Crippen molar-refractivity contribution < 1.29 is 9.50 Å². The number of aromatic hydroxyl groups is 1. The summed E-state index contributed by atoms with van der Waals surface area (Å²) in [6, 6.07) is 6.17. The van der Waals surface area contributed by atoms with Crippen LogP contribution in [0.1, 0.15) is 11.1 Å². The van der Waals surface area contributed by atoms with E-state index in [1.54, 1.807) is 6.07 Å². The number of hydrogen-bond donors (Lipinski definition) is 1. The van der Waals surface area contributed by atoms with E-state index >= 15 is 0 Å². The molecule has 1 aromatic carbocycles. The molecule has 0 radical (unpaired) electrons. The van der Waals surface area contributed by atoms with E-state index < -0.39 is 6.67 Å². The van der Waals surface area contributed by atoms with Gasteiger partial charge in [-0.3, -0.25) is 0 Å². The Kier molecular flexibility index (Phi) is 2.07. The number of hydrogen-bond acceptors (Lipinski definition) is 2. The second kappa shape index (κ2) is 3.02. The Labute approximate surface area is 63.5 Å². The predicted molar refractivity (Wildman–Crippen MR) is 37.6 cm³/mol. The molecule has 0 unspecified atom stereocenters. The quantitative estimate of drug-likeness (QED) is 0.664. The number of phenolic OH excluding ortho intramolecular Hbond substituents is 1. The Hall–Kier alpha value is -1.56. The highest BCUT2D eigenvalue weighted by molar-refractivity contribution is 5.46. The fourth-order valence-electron chi connectivity index (χ4n) is 0.789. The van der Waals surface area contributed by atoms with Gasteiger partial charge in [-0.25, -0.2) is 4.39 Å². The minimum atomic E-state index is -0.749. The van der Waals surface area contributed by atoms with Gasteiger partial charge in [-0.1, -0.05) is 12.1 Å². The lowest BCUT2D eigenvalue weighted by Gasteiger charge is -1.99. The van der Waals surface area contributed by atoms with Gasteiger partial charge in [-0.15, -0.1) is 0 Å². The van der Waals surface area contributed by atoms with Crippen molar-refractivity contribution in [2.24, 2.45) is 0 Å². The maximum Gasteiger partial charge on any atom is 0.139 e. The van der Waals surface area contributed by atoms with Crippen LogP contribution in [0.4, 0.5) is 4.39 Å². The molecule has 1 rings (SSSR count). The number of phenols is 1. The molecule has 0 aliphatic carbocycles. The summed E-state index contributed by atoms with van der Waals surface area (Å²) in [4.78, 5) is 0. The Morgan fingerprint density at radius 2 is 2.27 bits per heavy atom. The number of benzene rings is 1. The van der Waals surface area contributed by atoms with Crippen LogP contribution in [0.5, 0.6) is 5.75 Å². The molecule has 0 fully saturated rings. The van der Waals surface area contributed by atoms with Crippen LogP contribution in [0, 0.1) is 11.3 Å². The van der Waals surface area contributed by atoms with E-state index in [0.717, 1.165) is 0 Å². The average Bonchev–Trinajstić information content (AvgIpc) is 2.05. The Morgan fingerprint density at radius 3 is 2.82 bits per heavy atom. The molecule has 0 aromatic heterocycles. The van der Waals surface area contributed by atoms with Gasteiger partial charge in [0.05, 0.1) is 5.56 Å². The fourth-order valence-corrected chi connectivity index (χ4v) is 0.789. The Morgan fingerprint density at radius 1 is 1.55 bits per heavy atom. The SMILES string of the molecule is N#Cc1cccc(CF)c1O. The van der Waals surface area contributed by atoms with Crippen molar-refractivity contribution in [2.45, 2.75) is 6.67 Å². The molecule has 1 N–H and O–H groups in total. The van der Waals surface area contributed by atoms with Crippen LogP contribution < -0.4 is 0 Å². The molecule has 2 nitrogen and oxygen atoms in total. The third kappa shape index (κ3) is 1.30. The van der Waals surface area contributed by atoms with E-state index in [4.69, 9.17) is 10.4 Å². The van der Waals surface area contributed by atoms with Crippen molar-refractivity contribution >= 4 is 0 Å². The molecule has 56 valence electrons. The molecule has 0 amide bonds.